The molecule has 2 unspecified atom stereocenters. The molecule has 5 nitrogen and oxygen atoms in total. The number of aliphatic imine (C=N–C) groups is 1. The van der Waals surface area contributed by atoms with Crippen LogP contribution in [0.1, 0.15) is 31.2 Å². The SMILES string of the molecule is CN=C(NCCC(C)c1ccc(OC)cc1)NC1CCN(CC(F)(F)F)C1.I. The number of likely N-dealkylation sites (tertiary alicyclic amines) is 1. The van der Waals surface area contributed by atoms with E-state index in [9.17, 15) is 13.2 Å². The molecular weight excluding hydrogens is 484 g/mol. The van der Waals surface area contributed by atoms with Gasteiger partial charge in [-0.05, 0) is 36.5 Å². The van der Waals surface area contributed by atoms with E-state index in [0.717, 1.165) is 18.7 Å². The van der Waals surface area contributed by atoms with Gasteiger partial charge in [0.25, 0.3) is 0 Å². The van der Waals surface area contributed by atoms with Crippen molar-refractivity contribution in [2.75, 3.05) is 40.3 Å². The van der Waals surface area contributed by atoms with Gasteiger partial charge in [0.2, 0.25) is 0 Å². The molecule has 1 heterocycles. The molecule has 2 N–H and O–H groups in total. The second-order valence-electron chi connectivity index (χ2n) is 6.94. The van der Waals surface area contributed by atoms with Crippen molar-refractivity contribution >= 4 is 29.9 Å². The molecular formula is C19H30F3IN4O. The summed E-state index contributed by atoms with van der Waals surface area (Å²) in [4.78, 5) is 5.61. The maximum absolute atomic E-state index is 12.5. The number of nitrogens with zero attached hydrogens (tertiary/aromatic N) is 2. The number of nitrogens with one attached hydrogen (secondary N) is 2. The Morgan fingerprint density at radius 3 is 2.57 bits per heavy atom. The molecule has 0 saturated carbocycles. The first-order valence-electron chi connectivity index (χ1n) is 9.21. The highest BCUT2D eigenvalue weighted by atomic mass is 127. The lowest BCUT2D eigenvalue weighted by Crippen LogP contribution is -2.45. The van der Waals surface area contributed by atoms with Crippen molar-refractivity contribution in [1.29, 1.82) is 0 Å². The van der Waals surface area contributed by atoms with Crippen LogP contribution in [-0.2, 0) is 0 Å². The highest BCUT2D eigenvalue weighted by Crippen LogP contribution is 2.22. The van der Waals surface area contributed by atoms with Gasteiger partial charge in [0.05, 0.1) is 13.7 Å². The van der Waals surface area contributed by atoms with E-state index in [1.165, 1.54) is 10.5 Å². The van der Waals surface area contributed by atoms with Gasteiger partial charge in [-0.15, -0.1) is 24.0 Å². The third kappa shape index (κ3) is 8.42. The Balaban J connectivity index is 0.00000392. The third-order valence-corrected chi connectivity index (χ3v) is 4.79. The minimum absolute atomic E-state index is 0. The van der Waals surface area contributed by atoms with E-state index in [1.54, 1.807) is 14.2 Å². The smallest absolute Gasteiger partial charge is 0.401 e. The average Bonchev–Trinajstić information content (AvgIpc) is 3.05. The van der Waals surface area contributed by atoms with Crippen molar-refractivity contribution < 1.29 is 17.9 Å². The van der Waals surface area contributed by atoms with Crippen LogP contribution in [0.25, 0.3) is 0 Å². The summed E-state index contributed by atoms with van der Waals surface area (Å²) in [6, 6.07) is 8.01. The molecule has 2 atom stereocenters. The number of alkyl halides is 3. The maximum atomic E-state index is 12.5. The number of ether oxygens (including phenoxy) is 1. The van der Waals surface area contributed by atoms with E-state index < -0.39 is 12.7 Å². The van der Waals surface area contributed by atoms with Crippen molar-refractivity contribution in [3.63, 3.8) is 0 Å². The van der Waals surface area contributed by atoms with Crippen LogP contribution in [-0.4, -0.2) is 63.4 Å². The number of halogens is 4. The zero-order valence-corrected chi connectivity index (χ0v) is 18.9. The second-order valence-corrected chi connectivity index (χ2v) is 6.94. The Morgan fingerprint density at radius 1 is 1.32 bits per heavy atom. The molecule has 1 aromatic rings. The summed E-state index contributed by atoms with van der Waals surface area (Å²) in [6.45, 7) is 2.86. The highest BCUT2D eigenvalue weighted by Gasteiger charge is 2.34. The fourth-order valence-electron chi connectivity index (χ4n) is 3.24. The number of methoxy groups -OCH3 is 1. The van der Waals surface area contributed by atoms with Crippen LogP contribution in [0.3, 0.4) is 0 Å². The lowest BCUT2D eigenvalue weighted by molar-refractivity contribution is -0.143. The predicted molar refractivity (Wildman–Crippen MR) is 117 cm³/mol. The molecule has 0 amide bonds. The fourth-order valence-corrected chi connectivity index (χ4v) is 3.24. The largest absolute Gasteiger partial charge is 0.497 e. The lowest BCUT2D eigenvalue weighted by atomic mass is 9.98. The second kappa shape index (κ2) is 11.7. The summed E-state index contributed by atoms with van der Waals surface area (Å²) in [5.41, 5.74) is 1.24. The predicted octanol–water partition coefficient (Wildman–Crippen LogP) is 3.61. The number of rotatable bonds is 7. The van der Waals surface area contributed by atoms with Crippen LogP contribution < -0.4 is 15.4 Å². The molecule has 0 aromatic heterocycles. The Labute approximate surface area is 182 Å². The number of benzene rings is 1. The summed E-state index contributed by atoms with van der Waals surface area (Å²) in [7, 11) is 3.32. The van der Waals surface area contributed by atoms with E-state index in [4.69, 9.17) is 4.74 Å². The van der Waals surface area contributed by atoms with Gasteiger partial charge in [0.1, 0.15) is 5.75 Å². The lowest BCUT2D eigenvalue weighted by Gasteiger charge is -2.20. The van der Waals surface area contributed by atoms with Gasteiger partial charge in [-0.25, -0.2) is 0 Å². The summed E-state index contributed by atoms with van der Waals surface area (Å²) < 4.78 is 42.6. The van der Waals surface area contributed by atoms with E-state index in [1.807, 2.05) is 12.1 Å². The Hall–Kier alpha value is -1.23. The topological polar surface area (TPSA) is 48.9 Å². The van der Waals surface area contributed by atoms with Crippen molar-refractivity contribution in [2.24, 2.45) is 4.99 Å². The molecule has 0 aliphatic carbocycles. The van der Waals surface area contributed by atoms with E-state index >= 15 is 0 Å². The summed E-state index contributed by atoms with van der Waals surface area (Å²) in [5, 5.41) is 6.48. The highest BCUT2D eigenvalue weighted by molar-refractivity contribution is 14.0. The van der Waals surface area contributed by atoms with Crippen molar-refractivity contribution in [3.05, 3.63) is 29.8 Å². The van der Waals surface area contributed by atoms with E-state index in [-0.39, 0.29) is 30.0 Å². The van der Waals surface area contributed by atoms with Gasteiger partial charge >= 0.3 is 6.18 Å². The molecule has 1 aromatic carbocycles. The molecule has 1 fully saturated rings. The van der Waals surface area contributed by atoms with Crippen LogP contribution in [0.4, 0.5) is 13.2 Å². The van der Waals surface area contributed by atoms with Gasteiger partial charge in [0, 0.05) is 32.7 Å². The molecule has 1 aliphatic heterocycles. The van der Waals surface area contributed by atoms with Crippen LogP contribution in [0.5, 0.6) is 5.75 Å². The zero-order valence-electron chi connectivity index (χ0n) is 16.6. The van der Waals surface area contributed by atoms with Crippen LogP contribution >= 0.6 is 24.0 Å². The van der Waals surface area contributed by atoms with Gasteiger partial charge in [-0.3, -0.25) is 9.89 Å². The van der Waals surface area contributed by atoms with Gasteiger partial charge < -0.3 is 15.4 Å². The van der Waals surface area contributed by atoms with Crippen LogP contribution in [0.2, 0.25) is 0 Å². The molecule has 0 bridgehead atoms. The van der Waals surface area contributed by atoms with Crippen molar-refractivity contribution in [3.8, 4) is 5.75 Å². The van der Waals surface area contributed by atoms with Crippen LogP contribution in [0, 0.1) is 0 Å². The minimum Gasteiger partial charge on any atom is -0.497 e. The number of hydrogen-bond donors (Lipinski definition) is 2. The molecule has 28 heavy (non-hydrogen) atoms. The number of guanidine groups is 1. The first-order chi connectivity index (χ1) is 12.8. The standard InChI is InChI=1S/C19H29F3N4O.HI/c1-14(15-4-6-17(27-3)7-5-15)8-10-24-18(23-2)25-16-9-11-26(12-16)13-19(20,21)22;/h4-7,14,16H,8-13H2,1-3H3,(H2,23,24,25);1H. The van der Waals surface area contributed by atoms with Gasteiger partial charge in [-0.2, -0.15) is 13.2 Å². The first kappa shape index (κ1) is 24.8. The molecule has 1 saturated heterocycles. The quantitative estimate of drug-likeness (QED) is 0.332. The number of hydrogen-bond acceptors (Lipinski definition) is 3. The fraction of sp³-hybridized carbons (Fsp3) is 0.632. The Bertz CT molecular complexity index is 610. The van der Waals surface area contributed by atoms with Gasteiger partial charge in [0.15, 0.2) is 5.96 Å². The molecule has 9 heteroatoms. The average molecular weight is 514 g/mol. The molecule has 0 radical (unpaired) electrons. The maximum Gasteiger partial charge on any atom is 0.401 e. The van der Waals surface area contributed by atoms with Crippen molar-refractivity contribution in [2.45, 2.75) is 37.9 Å². The summed E-state index contributed by atoms with van der Waals surface area (Å²) in [5.74, 6) is 1.84. The van der Waals surface area contributed by atoms with Gasteiger partial charge in [-0.1, -0.05) is 19.1 Å². The third-order valence-electron chi connectivity index (χ3n) is 4.79. The zero-order chi connectivity index (χ0) is 19.9. The molecule has 2 rings (SSSR count). The first-order valence-corrected chi connectivity index (χ1v) is 9.21. The summed E-state index contributed by atoms with van der Waals surface area (Å²) >= 11 is 0. The Kier molecular flexibility index (Phi) is 10.4. The summed E-state index contributed by atoms with van der Waals surface area (Å²) in [6.07, 6.45) is -2.55. The van der Waals surface area contributed by atoms with Crippen LogP contribution in [0.15, 0.2) is 29.3 Å². The molecule has 1 aliphatic rings. The monoisotopic (exact) mass is 514 g/mol. The van der Waals surface area contributed by atoms with E-state index in [0.29, 0.717) is 31.4 Å². The molecule has 160 valence electrons. The molecule has 0 spiro atoms. The van der Waals surface area contributed by atoms with Crippen molar-refractivity contribution in [1.82, 2.24) is 15.5 Å². The minimum atomic E-state index is -4.15. The Morgan fingerprint density at radius 2 is 2.00 bits per heavy atom. The normalized spacial score (nSPS) is 19.1. The van der Waals surface area contributed by atoms with E-state index in [2.05, 4.69) is 34.7 Å².